The molecular formula is C9H18N2O3S. The number of nitrogens with one attached hydrogen (secondary N) is 1. The van der Waals surface area contributed by atoms with E-state index in [-0.39, 0.29) is 11.9 Å². The summed E-state index contributed by atoms with van der Waals surface area (Å²) in [5.74, 6) is -0.286. The normalized spacial score (nSPS) is 25.0. The van der Waals surface area contributed by atoms with Crippen LogP contribution in [0.5, 0.6) is 0 Å². The van der Waals surface area contributed by atoms with E-state index in [1.807, 2.05) is 6.92 Å². The van der Waals surface area contributed by atoms with Crippen molar-refractivity contribution in [2.24, 2.45) is 0 Å². The number of hydrogen-bond acceptors (Lipinski definition) is 4. The molecule has 0 aliphatic carbocycles. The zero-order valence-corrected chi connectivity index (χ0v) is 10.2. The van der Waals surface area contributed by atoms with Gasteiger partial charge in [-0.05, 0) is 13.8 Å². The van der Waals surface area contributed by atoms with Crippen molar-refractivity contribution in [2.45, 2.75) is 25.1 Å². The second-order valence-corrected chi connectivity index (χ2v) is 6.48. The number of amides is 1. The van der Waals surface area contributed by atoms with Crippen molar-refractivity contribution < 1.29 is 13.2 Å². The topological polar surface area (TPSA) is 66.5 Å². The highest BCUT2D eigenvalue weighted by molar-refractivity contribution is 7.92. The van der Waals surface area contributed by atoms with E-state index in [4.69, 9.17) is 0 Å². The molecule has 1 unspecified atom stereocenters. The summed E-state index contributed by atoms with van der Waals surface area (Å²) in [6, 6.07) is 0.231. The number of piperazine rings is 1. The summed E-state index contributed by atoms with van der Waals surface area (Å²) in [7, 11) is -3.28. The first kappa shape index (κ1) is 12.4. The van der Waals surface area contributed by atoms with E-state index in [0.29, 0.717) is 13.1 Å². The Morgan fingerprint density at radius 1 is 1.53 bits per heavy atom. The van der Waals surface area contributed by atoms with Gasteiger partial charge in [0.2, 0.25) is 5.91 Å². The van der Waals surface area contributed by atoms with Crippen LogP contribution in [0.25, 0.3) is 0 Å². The van der Waals surface area contributed by atoms with Gasteiger partial charge in [-0.2, -0.15) is 0 Å². The molecule has 1 saturated heterocycles. The Bertz CT molecular complexity index is 339. The summed E-state index contributed by atoms with van der Waals surface area (Å²) in [6.45, 7) is 5.32. The Balaban J connectivity index is 2.68. The highest BCUT2D eigenvalue weighted by Crippen LogP contribution is 2.07. The zero-order valence-electron chi connectivity index (χ0n) is 9.36. The van der Waals surface area contributed by atoms with E-state index in [0.717, 1.165) is 12.8 Å². The van der Waals surface area contributed by atoms with Crippen molar-refractivity contribution in [3.05, 3.63) is 0 Å². The summed E-state index contributed by atoms with van der Waals surface area (Å²) in [6.07, 6.45) is 1.10. The molecule has 0 saturated carbocycles. The fourth-order valence-corrected chi connectivity index (χ4v) is 2.09. The third-order valence-electron chi connectivity index (χ3n) is 2.67. The fourth-order valence-electron chi connectivity index (χ4n) is 1.57. The Kier molecular flexibility index (Phi) is 3.72. The summed E-state index contributed by atoms with van der Waals surface area (Å²) < 4.78 is 22.5. The summed E-state index contributed by atoms with van der Waals surface area (Å²) in [5, 5.41) is 2.27. The van der Waals surface area contributed by atoms with Crippen LogP contribution in [0.1, 0.15) is 13.8 Å². The van der Waals surface area contributed by atoms with E-state index in [9.17, 15) is 13.2 Å². The molecule has 88 valence electrons. The van der Waals surface area contributed by atoms with Crippen LogP contribution in [0.2, 0.25) is 0 Å². The Morgan fingerprint density at radius 2 is 2.13 bits per heavy atom. The molecule has 1 aliphatic heterocycles. The Morgan fingerprint density at radius 3 is 2.60 bits per heavy atom. The number of rotatable bonds is 2. The molecule has 1 amide bonds. The van der Waals surface area contributed by atoms with Crippen LogP contribution in [0.3, 0.4) is 0 Å². The van der Waals surface area contributed by atoms with Gasteiger partial charge in [-0.1, -0.05) is 0 Å². The van der Waals surface area contributed by atoms with Gasteiger partial charge in [0, 0.05) is 31.9 Å². The van der Waals surface area contributed by atoms with Crippen molar-refractivity contribution in [1.29, 1.82) is 0 Å². The highest BCUT2D eigenvalue weighted by Gasteiger charge is 2.30. The first-order chi connectivity index (χ1) is 6.82. The standard InChI is InChI=1S/C9H18N2O3S/c1-7-6-11(5-4-10-7)9(12)8(2)15(3,13)14/h7-8,10H,4-6H2,1-3H3/t7-,8?/m1/s1. The molecule has 1 fully saturated rings. The Hall–Kier alpha value is -0.620. The molecule has 0 radical (unpaired) electrons. The second kappa shape index (κ2) is 4.49. The first-order valence-electron chi connectivity index (χ1n) is 5.03. The van der Waals surface area contributed by atoms with Crippen LogP contribution >= 0.6 is 0 Å². The predicted molar refractivity (Wildman–Crippen MR) is 58.4 cm³/mol. The molecule has 1 heterocycles. The molecule has 0 aromatic heterocycles. The average molecular weight is 234 g/mol. The van der Waals surface area contributed by atoms with Crippen LogP contribution in [0.15, 0.2) is 0 Å². The number of carbonyl (C=O) groups is 1. The lowest BCUT2D eigenvalue weighted by atomic mass is 10.2. The summed E-state index contributed by atoms with van der Waals surface area (Å²) >= 11 is 0. The van der Waals surface area contributed by atoms with Gasteiger partial charge in [-0.25, -0.2) is 8.42 Å². The maximum atomic E-state index is 11.8. The lowest BCUT2D eigenvalue weighted by Gasteiger charge is -2.33. The summed E-state index contributed by atoms with van der Waals surface area (Å²) in [4.78, 5) is 13.4. The molecule has 5 nitrogen and oxygen atoms in total. The Labute approximate surface area is 90.7 Å². The van der Waals surface area contributed by atoms with Crippen LogP contribution in [-0.4, -0.2) is 56.4 Å². The van der Waals surface area contributed by atoms with Gasteiger partial charge in [-0.3, -0.25) is 4.79 Å². The number of nitrogens with zero attached hydrogens (tertiary/aromatic N) is 1. The second-order valence-electron chi connectivity index (χ2n) is 4.11. The van der Waals surface area contributed by atoms with Crippen molar-refractivity contribution in [2.75, 3.05) is 25.9 Å². The van der Waals surface area contributed by atoms with Crippen molar-refractivity contribution in [3.63, 3.8) is 0 Å². The van der Waals surface area contributed by atoms with Gasteiger partial charge >= 0.3 is 0 Å². The van der Waals surface area contributed by atoms with E-state index in [2.05, 4.69) is 5.32 Å². The molecule has 0 aromatic carbocycles. The molecule has 0 bridgehead atoms. The van der Waals surface area contributed by atoms with Crippen LogP contribution < -0.4 is 5.32 Å². The third kappa shape index (κ3) is 3.17. The minimum Gasteiger partial charge on any atom is -0.339 e. The molecule has 1 aliphatic rings. The first-order valence-corrected chi connectivity index (χ1v) is 6.99. The quantitative estimate of drug-likeness (QED) is 0.682. The number of sulfone groups is 1. The summed E-state index contributed by atoms with van der Waals surface area (Å²) in [5.41, 5.74) is 0. The van der Waals surface area contributed by atoms with Crippen molar-refractivity contribution >= 4 is 15.7 Å². The smallest absolute Gasteiger partial charge is 0.240 e. The SMILES string of the molecule is CC(C(=O)N1CCN[C@H](C)C1)S(C)(=O)=O. The van der Waals surface area contributed by atoms with Crippen molar-refractivity contribution in [3.8, 4) is 0 Å². The van der Waals surface area contributed by atoms with Crippen LogP contribution in [0, 0.1) is 0 Å². The number of hydrogen-bond donors (Lipinski definition) is 1. The minimum absolute atomic E-state index is 0.231. The van der Waals surface area contributed by atoms with E-state index in [1.54, 1.807) is 4.90 Å². The van der Waals surface area contributed by atoms with Crippen LogP contribution in [0.4, 0.5) is 0 Å². The molecule has 0 spiro atoms. The van der Waals surface area contributed by atoms with Gasteiger partial charge in [0.25, 0.3) is 0 Å². The molecule has 15 heavy (non-hydrogen) atoms. The van der Waals surface area contributed by atoms with Gasteiger partial charge in [0.05, 0.1) is 0 Å². The molecule has 0 aromatic rings. The largest absolute Gasteiger partial charge is 0.339 e. The van der Waals surface area contributed by atoms with Gasteiger partial charge < -0.3 is 10.2 Å². The van der Waals surface area contributed by atoms with Gasteiger partial charge in [0.15, 0.2) is 9.84 Å². The molecule has 1 rings (SSSR count). The maximum absolute atomic E-state index is 11.8. The third-order valence-corrected chi connectivity index (χ3v) is 4.16. The van der Waals surface area contributed by atoms with E-state index < -0.39 is 15.1 Å². The van der Waals surface area contributed by atoms with E-state index in [1.165, 1.54) is 6.92 Å². The average Bonchev–Trinajstić information content (AvgIpc) is 2.14. The van der Waals surface area contributed by atoms with Crippen molar-refractivity contribution in [1.82, 2.24) is 10.2 Å². The van der Waals surface area contributed by atoms with Gasteiger partial charge in [-0.15, -0.1) is 0 Å². The molecular weight excluding hydrogens is 216 g/mol. The number of carbonyl (C=O) groups excluding carboxylic acids is 1. The highest BCUT2D eigenvalue weighted by atomic mass is 32.2. The monoisotopic (exact) mass is 234 g/mol. The molecule has 2 atom stereocenters. The zero-order chi connectivity index (χ0) is 11.6. The molecule has 1 N–H and O–H groups in total. The lowest BCUT2D eigenvalue weighted by molar-refractivity contribution is -0.131. The van der Waals surface area contributed by atoms with E-state index >= 15 is 0 Å². The maximum Gasteiger partial charge on any atom is 0.240 e. The predicted octanol–water partition coefficient (Wildman–Crippen LogP) is -0.760. The lowest BCUT2D eigenvalue weighted by Crippen LogP contribution is -2.54. The fraction of sp³-hybridized carbons (Fsp3) is 0.889. The van der Waals surface area contributed by atoms with Gasteiger partial charge in [0.1, 0.15) is 5.25 Å². The minimum atomic E-state index is -3.28. The molecule has 6 heteroatoms. The van der Waals surface area contributed by atoms with Crippen LogP contribution in [-0.2, 0) is 14.6 Å².